The maximum absolute atomic E-state index is 12.4. The highest BCUT2D eigenvalue weighted by atomic mass is 19.4. The summed E-state index contributed by atoms with van der Waals surface area (Å²) in [7, 11) is 0. The van der Waals surface area contributed by atoms with Gasteiger partial charge in [-0.05, 0) is 25.2 Å². The van der Waals surface area contributed by atoms with Crippen molar-refractivity contribution in [1.29, 1.82) is 0 Å². The van der Waals surface area contributed by atoms with Crippen molar-refractivity contribution in [3.8, 4) is 0 Å². The number of fused-ring (bicyclic) bond motifs is 2. The van der Waals surface area contributed by atoms with Gasteiger partial charge in [-0.15, -0.1) is 0 Å². The van der Waals surface area contributed by atoms with Crippen LogP contribution in [0.2, 0.25) is 0 Å². The quantitative estimate of drug-likeness (QED) is 0.635. The van der Waals surface area contributed by atoms with Gasteiger partial charge in [-0.1, -0.05) is 0 Å². The first-order valence-corrected chi connectivity index (χ1v) is 6.07. The molecular weight excluding hydrogens is 225 g/mol. The normalized spacial score (nSPS) is 27.8. The number of hydrogen-bond donors (Lipinski definition) is 0. The van der Waals surface area contributed by atoms with Gasteiger partial charge in [0.2, 0.25) is 0 Å². The molecule has 2 atom stereocenters. The summed E-state index contributed by atoms with van der Waals surface area (Å²) in [6.07, 6.45) is 0.639. The van der Waals surface area contributed by atoms with Crippen LogP contribution in [0.5, 0.6) is 0 Å². The van der Waals surface area contributed by atoms with E-state index in [0.29, 0.717) is 5.92 Å². The smallest absolute Gasteiger partial charge is 0.166 e. The van der Waals surface area contributed by atoms with Gasteiger partial charge in [-0.3, -0.25) is 0 Å². The van der Waals surface area contributed by atoms with E-state index >= 15 is 0 Å². The van der Waals surface area contributed by atoms with Crippen molar-refractivity contribution in [1.82, 2.24) is 0 Å². The molecule has 0 heterocycles. The van der Waals surface area contributed by atoms with Gasteiger partial charge in [0.25, 0.3) is 0 Å². The lowest BCUT2D eigenvalue weighted by Crippen LogP contribution is -2.10. The predicted octanol–water partition coefficient (Wildman–Crippen LogP) is 4.45. The average Bonchev–Trinajstić information content (AvgIpc) is 2.89. The van der Waals surface area contributed by atoms with Crippen molar-refractivity contribution in [2.75, 3.05) is 0 Å². The molecule has 2 aliphatic carbocycles. The molecule has 1 aromatic rings. The second-order valence-corrected chi connectivity index (χ2v) is 5.18. The molecule has 0 nitrogen and oxygen atoms in total. The van der Waals surface area contributed by atoms with Crippen LogP contribution in [-0.2, 0) is 6.18 Å². The van der Waals surface area contributed by atoms with Crippen molar-refractivity contribution in [2.45, 2.75) is 31.9 Å². The molecule has 3 rings (SSSR count). The van der Waals surface area contributed by atoms with Crippen LogP contribution in [0.3, 0.4) is 0 Å². The van der Waals surface area contributed by atoms with E-state index in [1.54, 1.807) is 12.1 Å². The van der Waals surface area contributed by atoms with Gasteiger partial charge in [0.05, 0.1) is 5.56 Å². The molecule has 2 saturated carbocycles. The summed E-state index contributed by atoms with van der Waals surface area (Å²) in [6.45, 7) is 0. The SMILES string of the molecule is FC(F)(F)c1ccc([C+]2CC3CCC2C3)cc1. The second-order valence-electron chi connectivity index (χ2n) is 5.18. The van der Waals surface area contributed by atoms with Crippen LogP contribution in [0.4, 0.5) is 13.2 Å². The summed E-state index contributed by atoms with van der Waals surface area (Å²) in [5, 5.41) is 0. The zero-order chi connectivity index (χ0) is 12.0. The Morgan fingerprint density at radius 3 is 2.24 bits per heavy atom. The largest absolute Gasteiger partial charge is 0.418 e. The Balaban J connectivity index is 1.81. The van der Waals surface area contributed by atoms with Gasteiger partial charge >= 0.3 is 6.18 Å². The second kappa shape index (κ2) is 3.69. The van der Waals surface area contributed by atoms with Gasteiger partial charge in [0.15, 0.2) is 0 Å². The molecule has 0 N–H and O–H groups in total. The third-order valence-electron chi connectivity index (χ3n) is 4.13. The van der Waals surface area contributed by atoms with Crippen LogP contribution < -0.4 is 0 Å². The Kier molecular flexibility index (Phi) is 2.39. The Hall–Kier alpha value is -1.12. The minimum absolute atomic E-state index is 0.551. The lowest BCUT2D eigenvalue weighted by atomic mass is 9.83. The van der Waals surface area contributed by atoms with Crippen molar-refractivity contribution < 1.29 is 13.2 Å². The Morgan fingerprint density at radius 2 is 1.76 bits per heavy atom. The van der Waals surface area contributed by atoms with E-state index in [2.05, 4.69) is 0 Å². The molecule has 1 aromatic carbocycles. The van der Waals surface area contributed by atoms with Gasteiger partial charge in [-0.2, -0.15) is 13.2 Å². The molecule has 0 saturated heterocycles. The van der Waals surface area contributed by atoms with Crippen LogP contribution in [0, 0.1) is 17.8 Å². The van der Waals surface area contributed by atoms with E-state index < -0.39 is 11.7 Å². The fourth-order valence-corrected chi connectivity index (χ4v) is 3.28. The molecule has 0 aliphatic heterocycles. The molecule has 2 unspecified atom stereocenters. The molecular formula is C14H14F3+. The molecule has 3 heteroatoms. The predicted molar refractivity (Wildman–Crippen MR) is 59.2 cm³/mol. The third kappa shape index (κ3) is 1.92. The Bertz CT molecular complexity index is 404. The highest BCUT2D eigenvalue weighted by Gasteiger charge is 2.45. The van der Waals surface area contributed by atoms with E-state index in [-0.39, 0.29) is 0 Å². The fraction of sp³-hybridized carbons (Fsp3) is 0.500. The van der Waals surface area contributed by atoms with E-state index in [9.17, 15) is 13.2 Å². The van der Waals surface area contributed by atoms with E-state index in [4.69, 9.17) is 0 Å². The van der Waals surface area contributed by atoms with Gasteiger partial charge in [0, 0.05) is 42.5 Å². The molecule has 2 fully saturated rings. The first-order chi connectivity index (χ1) is 8.04. The number of hydrogen-bond acceptors (Lipinski definition) is 0. The minimum atomic E-state index is -4.22. The summed E-state index contributed by atoms with van der Waals surface area (Å²) in [6, 6.07) is 5.68. The zero-order valence-corrected chi connectivity index (χ0v) is 9.43. The highest BCUT2D eigenvalue weighted by molar-refractivity contribution is 5.37. The van der Waals surface area contributed by atoms with Crippen molar-refractivity contribution in [3.05, 3.63) is 41.3 Å². The summed E-state index contributed by atoms with van der Waals surface area (Å²) in [4.78, 5) is 0. The number of alkyl halides is 3. The number of benzene rings is 1. The molecule has 0 amide bonds. The first-order valence-electron chi connectivity index (χ1n) is 6.07. The van der Waals surface area contributed by atoms with Gasteiger partial charge in [0.1, 0.15) is 5.56 Å². The fourth-order valence-electron chi connectivity index (χ4n) is 3.28. The summed E-state index contributed by atoms with van der Waals surface area (Å²) in [5.74, 6) is 2.81. The highest BCUT2D eigenvalue weighted by Crippen LogP contribution is 2.52. The Morgan fingerprint density at radius 1 is 1.06 bits per heavy atom. The topological polar surface area (TPSA) is 0 Å². The minimum Gasteiger partial charge on any atom is -0.166 e. The van der Waals surface area contributed by atoms with Crippen molar-refractivity contribution >= 4 is 0 Å². The third-order valence-corrected chi connectivity index (χ3v) is 4.13. The maximum atomic E-state index is 12.4. The summed E-state index contributed by atoms with van der Waals surface area (Å²) >= 11 is 0. The van der Waals surface area contributed by atoms with Crippen LogP contribution in [0.25, 0.3) is 0 Å². The zero-order valence-electron chi connectivity index (χ0n) is 9.43. The monoisotopic (exact) mass is 239 g/mol. The van der Waals surface area contributed by atoms with Crippen molar-refractivity contribution in [2.24, 2.45) is 11.8 Å². The van der Waals surface area contributed by atoms with E-state index in [1.807, 2.05) is 0 Å². The summed E-state index contributed by atoms with van der Waals surface area (Å²) in [5.41, 5.74) is 0.468. The number of rotatable bonds is 1. The van der Waals surface area contributed by atoms with Crippen LogP contribution in [-0.4, -0.2) is 0 Å². The molecule has 0 spiro atoms. The van der Waals surface area contributed by atoms with Crippen molar-refractivity contribution in [3.63, 3.8) is 0 Å². The maximum Gasteiger partial charge on any atom is 0.418 e. The molecule has 17 heavy (non-hydrogen) atoms. The standard InChI is InChI=1S/C14H14F3/c15-14(16,17)12-5-3-10(4-6-12)13-8-9-1-2-11(13)7-9/h3-6,9,11H,1-2,7-8H2/q+1. The lowest BCUT2D eigenvalue weighted by Gasteiger charge is -2.16. The van der Waals surface area contributed by atoms with E-state index in [1.165, 1.54) is 37.3 Å². The van der Waals surface area contributed by atoms with Crippen LogP contribution in [0.15, 0.2) is 24.3 Å². The molecule has 2 bridgehead atoms. The van der Waals surface area contributed by atoms with Crippen LogP contribution >= 0.6 is 0 Å². The van der Waals surface area contributed by atoms with E-state index in [0.717, 1.165) is 17.9 Å². The van der Waals surface area contributed by atoms with Gasteiger partial charge < -0.3 is 0 Å². The Labute approximate surface area is 98.8 Å². The molecule has 0 radical (unpaired) electrons. The molecule has 2 aliphatic rings. The lowest BCUT2D eigenvalue weighted by molar-refractivity contribution is -0.137. The van der Waals surface area contributed by atoms with Crippen LogP contribution in [0.1, 0.15) is 36.8 Å². The average molecular weight is 239 g/mol. The first kappa shape index (κ1) is 11.0. The van der Waals surface area contributed by atoms with Gasteiger partial charge in [-0.25, -0.2) is 0 Å². The molecule has 90 valence electrons. The number of halogens is 3. The summed E-state index contributed by atoms with van der Waals surface area (Å²) < 4.78 is 37.3. The molecule has 0 aromatic heterocycles.